The average Bonchev–Trinajstić information content (AvgIpc) is 4.09. The number of imide groups is 1. The molecule has 4 fully saturated rings. The molecule has 14 heteroatoms. The van der Waals surface area contributed by atoms with Crippen molar-refractivity contribution >= 4 is 51.2 Å². The number of fused-ring (bicyclic) bond motifs is 3. The van der Waals surface area contributed by atoms with Crippen LogP contribution in [0.4, 0.5) is 5.82 Å². The van der Waals surface area contributed by atoms with Gasteiger partial charge in [-0.3, -0.25) is 14.5 Å². The van der Waals surface area contributed by atoms with Gasteiger partial charge in [-0.25, -0.2) is 14.6 Å². The van der Waals surface area contributed by atoms with Crippen LogP contribution in [0.25, 0.3) is 0 Å². The number of pyridine rings is 1. The molecular weight excluding hydrogens is 875 g/mol. The minimum atomic E-state index is -0.985. The van der Waals surface area contributed by atoms with E-state index in [0.717, 1.165) is 100 Å². The van der Waals surface area contributed by atoms with Crippen LogP contribution in [0, 0.1) is 52.3 Å². The van der Waals surface area contributed by atoms with Gasteiger partial charge in [0.2, 0.25) is 0 Å². The van der Waals surface area contributed by atoms with Gasteiger partial charge in [0.25, 0.3) is 11.8 Å². The van der Waals surface area contributed by atoms with E-state index in [4.69, 9.17) is 9.47 Å². The summed E-state index contributed by atoms with van der Waals surface area (Å²) in [5.74, 6) is 0.472. The second-order valence-electron chi connectivity index (χ2n) is 20.7. The van der Waals surface area contributed by atoms with Crippen LogP contribution in [0.15, 0.2) is 76.4 Å². The molecule has 66 heavy (non-hydrogen) atoms. The van der Waals surface area contributed by atoms with Crippen molar-refractivity contribution in [1.29, 1.82) is 0 Å². The Morgan fingerprint density at radius 2 is 1.77 bits per heavy atom. The maximum Gasteiger partial charge on any atom is 0.340 e. The molecule has 1 spiro atoms. The molecule has 4 N–H and O–H groups in total. The summed E-state index contributed by atoms with van der Waals surface area (Å²) < 4.78 is 13.0. The van der Waals surface area contributed by atoms with Crippen molar-refractivity contribution in [2.45, 2.75) is 127 Å². The Hall–Kier alpha value is -3.69. The maximum absolute atomic E-state index is 15.1. The first-order chi connectivity index (χ1) is 32.1. The quantitative estimate of drug-likeness (QED) is 0.0944. The minimum Gasteiger partial charge on any atom is -0.427 e. The summed E-state index contributed by atoms with van der Waals surface area (Å²) in [4.78, 5) is 62.3. The lowest BCUT2D eigenvalue weighted by Crippen LogP contribution is -2.53. The first-order valence-electron chi connectivity index (χ1n) is 24.8. The molecule has 7 bridgehead atoms. The number of ether oxygens (including phenoxy) is 2. The summed E-state index contributed by atoms with van der Waals surface area (Å²) >= 11 is 0. The molecule has 1 aromatic rings. The molecule has 0 unspecified atom stereocenters. The highest BCUT2D eigenvalue weighted by Gasteiger charge is 2.69. The minimum absolute atomic E-state index is 0.00637. The molecule has 4 aliphatic heterocycles. The van der Waals surface area contributed by atoms with Crippen molar-refractivity contribution in [2.75, 3.05) is 31.0 Å². The van der Waals surface area contributed by atoms with Crippen LogP contribution < -0.4 is 5.32 Å². The van der Waals surface area contributed by atoms with Gasteiger partial charge >= 0.3 is 11.9 Å². The van der Waals surface area contributed by atoms with Gasteiger partial charge in [-0.05, 0) is 154 Å². The summed E-state index contributed by atoms with van der Waals surface area (Å²) in [6, 6.07) is 3.87. The predicted octanol–water partition coefficient (Wildman–Crippen LogP) is 8.64. The number of aromatic nitrogens is 1. The number of carbonyl (C=O) groups is 4. The van der Waals surface area contributed by atoms with Crippen molar-refractivity contribution in [3.63, 3.8) is 0 Å². The van der Waals surface area contributed by atoms with Crippen molar-refractivity contribution in [3.8, 4) is 0 Å². The zero-order valence-electron chi connectivity index (χ0n) is 38.1. The number of amides is 2. The molecule has 12 nitrogen and oxygen atoms in total. The van der Waals surface area contributed by atoms with Crippen molar-refractivity contribution in [1.82, 2.24) is 9.88 Å². The van der Waals surface area contributed by atoms with E-state index in [2.05, 4.69) is 29.4 Å². The third kappa shape index (κ3) is 8.15. The lowest BCUT2D eigenvalue weighted by atomic mass is 9.43. The van der Waals surface area contributed by atoms with Crippen LogP contribution >= 0.6 is 21.6 Å². The number of aliphatic hydroxyl groups is 3. The van der Waals surface area contributed by atoms with E-state index in [9.17, 15) is 29.7 Å². The summed E-state index contributed by atoms with van der Waals surface area (Å²) in [7, 11) is 2.96. The monoisotopic (exact) mass is 939 g/mol. The first kappa shape index (κ1) is 46.1. The highest BCUT2D eigenvalue weighted by molar-refractivity contribution is 8.76. The van der Waals surface area contributed by atoms with Gasteiger partial charge in [0.1, 0.15) is 22.8 Å². The lowest BCUT2D eigenvalue weighted by molar-refractivity contribution is -0.137. The molecule has 6 aliphatic carbocycles. The highest BCUT2D eigenvalue weighted by Crippen LogP contribution is 2.72. The molecule has 1 aromatic heterocycles. The smallest absolute Gasteiger partial charge is 0.340 e. The van der Waals surface area contributed by atoms with Crippen LogP contribution in [-0.2, 0) is 28.7 Å². The molecule has 0 radical (unpaired) electrons. The number of hydrogen-bond donors (Lipinski definition) is 4. The van der Waals surface area contributed by atoms with E-state index in [1.807, 2.05) is 12.1 Å². The number of nitrogens with one attached hydrogen (secondary N) is 1. The topological polar surface area (TPSA) is 176 Å². The largest absolute Gasteiger partial charge is 0.427 e. The molecule has 1 saturated heterocycles. The fraction of sp³-hybridized carbons (Fsp3) is 0.635. The number of allylic oxidation sites excluding steroid dienone is 4. The number of aliphatic hydroxyl groups excluding tert-OH is 3. The van der Waals surface area contributed by atoms with E-state index in [0.29, 0.717) is 66.0 Å². The molecule has 0 aromatic carbocycles. The zero-order chi connectivity index (χ0) is 45.7. The average molecular weight is 940 g/mol. The fourth-order valence-electron chi connectivity index (χ4n) is 14.3. The van der Waals surface area contributed by atoms with Crippen LogP contribution in [-0.4, -0.2) is 80.0 Å². The number of cyclic esters (lactones) is 1. The Labute approximate surface area is 396 Å². The van der Waals surface area contributed by atoms with Gasteiger partial charge in [-0.2, -0.15) is 0 Å². The number of hydrogen-bond acceptors (Lipinski definition) is 13. The molecule has 354 valence electrons. The van der Waals surface area contributed by atoms with Gasteiger partial charge < -0.3 is 30.1 Å². The molecule has 2 amide bonds. The Morgan fingerprint density at radius 1 is 0.985 bits per heavy atom. The molecule has 3 saturated carbocycles. The maximum atomic E-state index is 15.1. The summed E-state index contributed by atoms with van der Waals surface area (Å²) in [6.45, 7) is 2.52. The van der Waals surface area contributed by atoms with Crippen LogP contribution in [0.5, 0.6) is 0 Å². The summed E-state index contributed by atoms with van der Waals surface area (Å²) in [6.07, 6.45) is 23.7. The normalized spacial score (nSPS) is 35.7. The number of rotatable bonds is 11. The molecule has 5 heterocycles. The van der Waals surface area contributed by atoms with Gasteiger partial charge in [0, 0.05) is 67.0 Å². The van der Waals surface area contributed by atoms with Gasteiger partial charge in [0.15, 0.2) is 0 Å². The summed E-state index contributed by atoms with van der Waals surface area (Å²) in [5, 5.41) is 35.1. The molecular formula is C52H65N3O9S2. The van der Waals surface area contributed by atoms with E-state index in [-0.39, 0.29) is 78.5 Å². The third-order valence-electron chi connectivity index (χ3n) is 17.6. The second kappa shape index (κ2) is 19.0. The Balaban J connectivity index is 1.09. The predicted molar refractivity (Wildman–Crippen MR) is 253 cm³/mol. The van der Waals surface area contributed by atoms with Crippen molar-refractivity contribution in [2.24, 2.45) is 52.3 Å². The van der Waals surface area contributed by atoms with Crippen molar-refractivity contribution < 1.29 is 44.0 Å². The Morgan fingerprint density at radius 3 is 2.52 bits per heavy atom. The van der Waals surface area contributed by atoms with Crippen LogP contribution in [0.2, 0.25) is 0 Å². The highest BCUT2D eigenvalue weighted by atomic mass is 33.1. The SMILES string of the molecule is CCC1(/C=C2\OC(=O)C3=C2CC[C@H]2[C@@H]4CC[C@@]5(C6=C4[C@@H](CN4C(=O)C=CC4=O)c4ccnc(c4)NCSS[C@H](O)[C@H](C4CCC(C[C@H](CO)CCCO)CC4)C/C=C/5OC6=O)[C@@H]32)CCCC1. The number of anilines is 1. The lowest BCUT2D eigenvalue weighted by Gasteiger charge is -2.57. The molecule has 8 atom stereocenters. The van der Waals surface area contributed by atoms with Gasteiger partial charge in [-0.1, -0.05) is 54.2 Å². The van der Waals surface area contributed by atoms with E-state index in [1.54, 1.807) is 6.20 Å². The first-order valence-corrected chi connectivity index (χ1v) is 27.2. The van der Waals surface area contributed by atoms with Crippen molar-refractivity contribution in [3.05, 3.63) is 82.0 Å². The standard InChI is InChI=1S/C52H65N3O9S2/c1-2-51(19-3-4-20-51)26-39-37-12-11-36-35-17-21-52(46(36)45(37)48(60)63-39)40-14-13-34(32-9-7-30(8-10-32)24-31(28-57)6-5-23-56)50(62)66-65-29-54-41-25-33(18-22-53-41)38(44(35)47(52)49(61)64-40)27-55-42(58)15-16-43(55)59/h14-16,18,22,25-26,30-32,34-36,38,46,50,56-57,62H,2-13,17,19-21,23-24,27-29H2,1H3,(H,53,54)/b39-26-,40-14-/t30?,31-,32?,34+,35+,36+,38+,46-,50+,52+/m1/s1. The molecule has 11 rings (SSSR count). The third-order valence-corrected chi connectivity index (χ3v) is 19.9. The second-order valence-corrected chi connectivity index (χ2v) is 23.2. The van der Waals surface area contributed by atoms with E-state index in [1.165, 1.54) is 38.6 Å². The summed E-state index contributed by atoms with van der Waals surface area (Å²) in [5.41, 5.74) is 2.23. The Bertz CT molecular complexity index is 2260. The molecule has 10 aliphatic rings. The Kier molecular flexibility index (Phi) is 13.3. The fourth-order valence-corrected chi connectivity index (χ4v) is 16.4. The van der Waals surface area contributed by atoms with E-state index >= 15 is 4.79 Å². The van der Waals surface area contributed by atoms with Gasteiger partial charge in [-0.15, -0.1) is 0 Å². The van der Waals surface area contributed by atoms with Crippen LogP contribution in [0.3, 0.4) is 0 Å². The number of carbonyl (C=O) groups excluding carboxylic acids is 4. The van der Waals surface area contributed by atoms with Crippen LogP contribution in [0.1, 0.15) is 128 Å². The number of nitrogens with zero attached hydrogens (tertiary/aromatic N) is 2. The van der Waals surface area contributed by atoms with Gasteiger partial charge in [0.05, 0.1) is 16.9 Å². The number of esters is 2. The zero-order valence-corrected chi connectivity index (χ0v) is 39.7. The van der Waals surface area contributed by atoms with E-state index < -0.39 is 22.7 Å².